The summed E-state index contributed by atoms with van der Waals surface area (Å²) in [5, 5.41) is 3.23. The number of aryl methyl sites for hydroxylation is 1. The van der Waals surface area contributed by atoms with Crippen molar-refractivity contribution < 1.29 is 9.73 Å². The van der Waals surface area contributed by atoms with Crippen molar-refractivity contribution in [2.75, 3.05) is 6.54 Å². The van der Waals surface area contributed by atoms with Gasteiger partial charge >= 0.3 is 0 Å². The van der Waals surface area contributed by atoms with Gasteiger partial charge in [0.05, 0.1) is 12.6 Å². The van der Waals surface area contributed by atoms with Crippen molar-refractivity contribution in [2.45, 2.75) is 52.0 Å². The van der Waals surface area contributed by atoms with Crippen molar-refractivity contribution in [3.63, 3.8) is 0 Å². The summed E-state index contributed by atoms with van der Waals surface area (Å²) in [7, 11) is 0. The third kappa shape index (κ3) is 4.89. The monoisotopic (exact) mass is 320 g/mol. The van der Waals surface area contributed by atoms with Gasteiger partial charge in [-0.2, -0.15) is 0 Å². The van der Waals surface area contributed by atoms with Gasteiger partial charge in [-0.1, -0.05) is 37.6 Å². The van der Waals surface area contributed by atoms with E-state index in [2.05, 4.69) is 44.3 Å². The van der Waals surface area contributed by atoms with Crippen molar-refractivity contribution >= 4 is 11.6 Å². The summed E-state index contributed by atoms with van der Waals surface area (Å²) in [6.07, 6.45) is 2.17. The van der Waals surface area contributed by atoms with E-state index in [1.165, 1.54) is 5.56 Å². The Balaban J connectivity index is 1.80. The van der Waals surface area contributed by atoms with Gasteiger partial charge in [0.15, 0.2) is 0 Å². The average Bonchev–Trinajstić information content (AvgIpc) is 2.88. The lowest BCUT2D eigenvalue weighted by molar-refractivity contribution is -0.687. The molecular weight excluding hydrogens is 294 g/mol. The number of rotatable bonds is 7. The van der Waals surface area contributed by atoms with Gasteiger partial charge in [-0.05, 0) is 43.7 Å². The molecule has 1 atom stereocenters. The normalized spacial score (nSPS) is 13.3. The minimum Gasteiger partial charge on any atom is -0.466 e. The molecule has 0 aliphatic heterocycles. The number of benzene rings is 1. The van der Waals surface area contributed by atoms with Gasteiger partial charge < -0.3 is 9.73 Å². The molecule has 0 radical (unpaired) electrons. The standard InChI is InChI=1S/C19H26ClNO/c1-14(13-19(3,4)18-10-5-15(2)22-18)21-12-11-16-6-8-17(20)9-7-16/h5-10,14,21H,11-13H2,1-4H3/p+1/t14-/m0/s1. The SMILES string of the molecule is Cc1ccc(C(C)(C)C[C@H](C)[NH2+]CCc2ccc(Cl)cc2)o1. The highest BCUT2D eigenvalue weighted by molar-refractivity contribution is 6.30. The zero-order valence-corrected chi connectivity index (χ0v) is 14.8. The van der Waals surface area contributed by atoms with E-state index in [0.29, 0.717) is 6.04 Å². The van der Waals surface area contributed by atoms with Gasteiger partial charge in [0.2, 0.25) is 0 Å². The summed E-state index contributed by atoms with van der Waals surface area (Å²) < 4.78 is 5.81. The van der Waals surface area contributed by atoms with E-state index in [-0.39, 0.29) is 5.41 Å². The molecule has 0 fully saturated rings. The third-order valence-electron chi connectivity index (χ3n) is 4.15. The number of furan rings is 1. The molecule has 0 saturated heterocycles. The molecule has 0 aliphatic carbocycles. The molecule has 1 aromatic heterocycles. The van der Waals surface area contributed by atoms with E-state index in [9.17, 15) is 0 Å². The molecule has 0 bridgehead atoms. The van der Waals surface area contributed by atoms with Crippen molar-refractivity contribution in [3.8, 4) is 0 Å². The van der Waals surface area contributed by atoms with E-state index in [4.69, 9.17) is 16.0 Å². The van der Waals surface area contributed by atoms with Crippen LogP contribution in [-0.2, 0) is 11.8 Å². The maximum atomic E-state index is 5.91. The Hall–Kier alpha value is -1.25. The minimum absolute atomic E-state index is 0.0739. The van der Waals surface area contributed by atoms with Crippen molar-refractivity contribution in [1.82, 2.24) is 0 Å². The Kier molecular flexibility index (Phi) is 5.71. The van der Waals surface area contributed by atoms with Gasteiger partial charge in [0.25, 0.3) is 0 Å². The maximum absolute atomic E-state index is 5.91. The quantitative estimate of drug-likeness (QED) is 0.817. The molecule has 0 amide bonds. The Morgan fingerprint density at radius 2 is 1.82 bits per heavy atom. The van der Waals surface area contributed by atoms with Crippen LogP contribution in [0.1, 0.15) is 44.3 Å². The molecule has 0 spiro atoms. The molecule has 1 heterocycles. The summed E-state index contributed by atoms with van der Waals surface area (Å²) in [5.74, 6) is 2.07. The number of hydrogen-bond acceptors (Lipinski definition) is 1. The van der Waals surface area contributed by atoms with E-state index in [0.717, 1.165) is 35.9 Å². The first-order valence-corrected chi connectivity index (χ1v) is 8.39. The molecule has 1 aromatic carbocycles. The summed E-state index contributed by atoms with van der Waals surface area (Å²) in [6.45, 7) is 9.90. The first-order chi connectivity index (χ1) is 10.4. The van der Waals surface area contributed by atoms with Crippen LogP contribution in [-0.4, -0.2) is 12.6 Å². The topological polar surface area (TPSA) is 29.8 Å². The highest BCUT2D eigenvalue weighted by atomic mass is 35.5. The second-order valence-electron chi connectivity index (χ2n) is 6.88. The highest BCUT2D eigenvalue weighted by Gasteiger charge is 2.27. The summed E-state index contributed by atoms with van der Waals surface area (Å²) >= 11 is 5.91. The number of halogens is 1. The first-order valence-electron chi connectivity index (χ1n) is 8.01. The molecule has 3 heteroatoms. The molecule has 120 valence electrons. The van der Waals surface area contributed by atoms with Gasteiger partial charge in [0, 0.05) is 23.3 Å². The number of quaternary nitrogens is 1. The van der Waals surface area contributed by atoms with Crippen LogP contribution in [0.2, 0.25) is 5.02 Å². The smallest absolute Gasteiger partial charge is 0.109 e. The first kappa shape index (κ1) is 17.1. The molecule has 2 N–H and O–H groups in total. The summed E-state index contributed by atoms with van der Waals surface area (Å²) in [5.41, 5.74) is 1.42. The van der Waals surface area contributed by atoms with Gasteiger partial charge in [-0.15, -0.1) is 0 Å². The minimum atomic E-state index is 0.0739. The second kappa shape index (κ2) is 7.34. The van der Waals surface area contributed by atoms with Gasteiger partial charge in [-0.3, -0.25) is 0 Å². The van der Waals surface area contributed by atoms with Crippen LogP contribution >= 0.6 is 11.6 Å². The predicted octanol–water partition coefficient (Wildman–Crippen LogP) is 4.10. The average molecular weight is 321 g/mol. The zero-order chi connectivity index (χ0) is 16.2. The van der Waals surface area contributed by atoms with Crippen LogP contribution in [0.25, 0.3) is 0 Å². The fourth-order valence-corrected chi connectivity index (χ4v) is 3.10. The number of nitrogens with two attached hydrogens (primary N) is 1. The van der Waals surface area contributed by atoms with Crippen LogP contribution in [0.5, 0.6) is 0 Å². The molecule has 2 nitrogen and oxygen atoms in total. The lowest BCUT2D eigenvalue weighted by atomic mass is 9.83. The van der Waals surface area contributed by atoms with Crippen molar-refractivity contribution in [3.05, 3.63) is 58.5 Å². The molecular formula is C19H27ClNO+. The van der Waals surface area contributed by atoms with Crippen LogP contribution < -0.4 is 5.32 Å². The predicted molar refractivity (Wildman–Crippen MR) is 92.5 cm³/mol. The van der Waals surface area contributed by atoms with Crippen molar-refractivity contribution in [2.24, 2.45) is 0 Å². The van der Waals surface area contributed by atoms with Crippen molar-refractivity contribution in [1.29, 1.82) is 0 Å². The van der Waals surface area contributed by atoms with Crippen LogP contribution in [0.3, 0.4) is 0 Å². The Labute approximate surface area is 138 Å². The van der Waals surface area contributed by atoms with Gasteiger partial charge in [-0.25, -0.2) is 0 Å². The summed E-state index contributed by atoms with van der Waals surface area (Å²) in [6, 6.07) is 12.9. The molecule has 2 aromatic rings. The van der Waals surface area contributed by atoms with Gasteiger partial charge in [0.1, 0.15) is 11.5 Å². The zero-order valence-electron chi connectivity index (χ0n) is 14.0. The van der Waals surface area contributed by atoms with Crippen LogP contribution in [0.15, 0.2) is 40.8 Å². The third-order valence-corrected chi connectivity index (χ3v) is 4.41. The van der Waals surface area contributed by atoms with E-state index in [1.54, 1.807) is 0 Å². The molecule has 2 rings (SSSR count). The number of hydrogen-bond donors (Lipinski definition) is 1. The van der Waals surface area contributed by atoms with Crippen LogP contribution in [0, 0.1) is 6.92 Å². The highest BCUT2D eigenvalue weighted by Crippen LogP contribution is 2.29. The lowest BCUT2D eigenvalue weighted by Gasteiger charge is -2.25. The maximum Gasteiger partial charge on any atom is 0.109 e. The van der Waals surface area contributed by atoms with Crippen LogP contribution in [0.4, 0.5) is 0 Å². The molecule has 22 heavy (non-hydrogen) atoms. The van der Waals surface area contributed by atoms with E-state index in [1.807, 2.05) is 25.1 Å². The Morgan fingerprint density at radius 3 is 2.41 bits per heavy atom. The Bertz CT molecular complexity index is 586. The summed E-state index contributed by atoms with van der Waals surface area (Å²) in [4.78, 5) is 0. The molecule has 0 saturated carbocycles. The lowest BCUT2D eigenvalue weighted by Crippen LogP contribution is -2.90. The fraction of sp³-hybridized carbons (Fsp3) is 0.474. The largest absolute Gasteiger partial charge is 0.466 e. The van der Waals surface area contributed by atoms with E-state index >= 15 is 0 Å². The molecule has 0 aliphatic rings. The molecule has 0 unspecified atom stereocenters. The second-order valence-corrected chi connectivity index (χ2v) is 7.31. The van der Waals surface area contributed by atoms with E-state index < -0.39 is 0 Å². The fourth-order valence-electron chi connectivity index (χ4n) is 2.97. The Morgan fingerprint density at radius 1 is 1.14 bits per heavy atom.